The molecule has 1 aliphatic heterocycles. The summed E-state index contributed by atoms with van der Waals surface area (Å²) in [7, 11) is 0. The third kappa shape index (κ3) is 2.82. The van der Waals surface area contributed by atoms with Gasteiger partial charge in [0.05, 0.1) is 5.41 Å². The smallest absolute Gasteiger partial charge is 0.235 e. The fraction of sp³-hybridized carbons (Fsp3) is 0.333. The lowest BCUT2D eigenvalue weighted by Gasteiger charge is -2.40. The van der Waals surface area contributed by atoms with E-state index in [0.717, 1.165) is 49.2 Å². The van der Waals surface area contributed by atoms with E-state index in [2.05, 4.69) is 5.32 Å². The molecule has 1 aliphatic carbocycles. The van der Waals surface area contributed by atoms with Crippen molar-refractivity contribution in [1.82, 2.24) is 0 Å². The van der Waals surface area contributed by atoms with Crippen molar-refractivity contribution < 1.29 is 9.59 Å². The zero-order chi connectivity index (χ0) is 17.3. The molecule has 0 spiro atoms. The quantitative estimate of drug-likeness (QED) is 0.922. The molecule has 25 heavy (non-hydrogen) atoms. The van der Waals surface area contributed by atoms with Gasteiger partial charge < -0.3 is 10.2 Å². The Labute approximate surface area is 147 Å². The van der Waals surface area contributed by atoms with Crippen LogP contribution in [0.3, 0.4) is 0 Å². The minimum atomic E-state index is -0.398. The first-order valence-corrected chi connectivity index (χ1v) is 8.96. The molecule has 0 aromatic heterocycles. The van der Waals surface area contributed by atoms with E-state index in [9.17, 15) is 9.59 Å². The second kappa shape index (κ2) is 6.36. The van der Waals surface area contributed by atoms with E-state index in [1.165, 1.54) is 0 Å². The Morgan fingerprint density at radius 2 is 1.68 bits per heavy atom. The molecule has 2 aromatic carbocycles. The van der Waals surface area contributed by atoms with Crippen LogP contribution in [0.4, 0.5) is 11.4 Å². The Kier molecular flexibility index (Phi) is 4.04. The maximum absolute atomic E-state index is 12.9. The van der Waals surface area contributed by atoms with Gasteiger partial charge in [-0.2, -0.15) is 0 Å². The van der Waals surface area contributed by atoms with Crippen molar-refractivity contribution in [2.24, 2.45) is 0 Å². The molecule has 1 saturated carbocycles. The van der Waals surface area contributed by atoms with Gasteiger partial charge in [0.2, 0.25) is 11.8 Å². The second-order valence-corrected chi connectivity index (χ2v) is 6.95. The standard InChI is InChI=1S/C21H22N2O2/c24-19-8-4-15-23(19)18-11-9-17(10-12-18)22-20(25)21(13-5-14-21)16-6-2-1-3-7-16/h1-3,6-7,9-12H,4-5,8,13-15H2,(H,22,25). The zero-order valence-corrected chi connectivity index (χ0v) is 14.2. The van der Waals surface area contributed by atoms with Gasteiger partial charge in [-0.25, -0.2) is 0 Å². The number of benzene rings is 2. The van der Waals surface area contributed by atoms with Crippen LogP contribution in [-0.2, 0) is 15.0 Å². The van der Waals surface area contributed by atoms with Crippen molar-refractivity contribution in [3.63, 3.8) is 0 Å². The molecule has 0 unspecified atom stereocenters. The molecular weight excluding hydrogens is 312 g/mol. The number of hydrogen-bond acceptors (Lipinski definition) is 2. The molecular formula is C21H22N2O2. The first kappa shape index (κ1) is 15.9. The molecule has 1 N–H and O–H groups in total. The highest BCUT2D eigenvalue weighted by Gasteiger charge is 2.45. The largest absolute Gasteiger partial charge is 0.325 e. The number of hydrogen-bond donors (Lipinski definition) is 1. The lowest BCUT2D eigenvalue weighted by Crippen LogP contribution is -2.45. The molecule has 1 heterocycles. The summed E-state index contributed by atoms with van der Waals surface area (Å²) in [5.74, 6) is 0.240. The number of nitrogens with one attached hydrogen (secondary N) is 1. The van der Waals surface area contributed by atoms with Crippen LogP contribution in [0.5, 0.6) is 0 Å². The molecule has 0 atom stereocenters. The van der Waals surface area contributed by atoms with Crippen LogP contribution in [0.2, 0.25) is 0 Å². The molecule has 2 amide bonds. The highest BCUT2D eigenvalue weighted by molar-refractivity contribution is 6.00. The molecule has 128 valence electrons. The predicted octanol–water partition coefficient (Wildman–Crippen LogP) is 3.87. The van der Waals surface area contributed by atoms with Crippen molar-refractivity contribution >= 4 is 23.2 Å². The van der Waals surface area contributed by atoms with Crippen LogP contribution in [0, 0.1) is 0 Å². The van der Waals surface area contributed by atoms with Crippen LogP contribution in [-0.4, -0.2) is 18.4 Å². The Balaban J connectivity index is 1.50. The van der Waals surface area contributed by atoms with Crippen molar-refractivity contribution in [1.29, 1.82) is 0 Å². The van der Waals surface area contributed by atoms with Crippen molar-refractivity contribution in [3.8, 4) is 0 Å². The topological polar surface area (TPSA) is 49.4 Å². The second-order valence-electron chi connectivity index (χ2n) is 6.95. The summed E-state index contributed by atoms with van der Waals surface area (Å²) in [6.07, 6.45) is 4.40. The third-order valence-electron chi connectivity index (χ3n) is 5.48. The van der Waals surface area contributed by atoms with Gasteiger partial charge in [0.1, 0.15) is 0 Å². The Morgan fingerprint density at radius 1 is 0.960 bits per heavy atom. The van der Waals surface area contributed by atoms with E-state index in [-0.39, 0.29) is 11.8 Å². The summed E-state index contributed by atoms with van der Waals surface area (Å²) in [4.78, 5) is 26.6. The summed E-state index contributed by atoms with van der Waals surface area (Å²) >= 11 is 0. The normalized spacial score (nSPS) is 18.7. The molecule has 0 bridgehead atoms. The molecule has 4 nitrogen and oxygen atoms in total. The summed E-state index contributed by atoms with van der Waals surface area (Å²) < 4.78 is 0. The Bertz CT molecular complexity index is 779. The highest BCUT2D eigenvalue weighted by Crippen LogP contribution is 2.44. The average Bonchev–Trinajstić information content (AvgIpc) is 3.02. The molecule has 2 fully saturated rings. The molecule has 2 aromatic rings. The highest BCUT2D eigenvalue weighted by atomic mass is 16.2. The van der Waals surface area contributed by atoms with Gasteiger partial charge in [-0.1, -0.05) is 36.8 Å². The lowest BCUT2D eigenvalue weighted by atomic mass is 9.64. The summed E-state index contributed by atoms with van der Waals surface area (Å²) in [6, 6.07) is 17.6. The van der Waals surface area contributed by atoms with Gasteiger partial charge in [-0.05, 0) is 49.1 Å². The van der Waals surface area contributed by atoms with Crippen LogP contribution >= 0.6 is 0 Å². The van der Waals surface area contributed by atoms with Crippen LogP contribution in [0.15, 0.2) is 54.6 Å². The first-order valence-electron chi connectivity index (χ1n) is 8.96. The van der Waals surface area contributed by atoms with E-state index in [1.54, 1.807) is 0 Å². The number of rotatable bonds is 4. The van der Waals surface area contributed by atoms with Gasteiger partial charge in [0.15, 0.2) is 0 Å². The monoisotopic (exact) mass is 334 g/mol. The van der Waals surface area contributed by atoms with E-state index in [4.69, 9.17) is 0 Å². The molecule has 2 aliphatic rings. The van der Waals surface area contributed by atoms with E-state index >= 15 is 0 Å². The minimum Gasteiger partial charge on any atom is -0.325 e. The molecule has 4 rings (SSSR count). The van der Waals surface area contributed by atoms with Gasteiger partial charge in [-0.15, -0.1) is 0 Å². The molecule has 0 radical (unpaired) electrons. The number of carbonyl (C=O) groups is 2. The minimum absolute atomic E-state index is 0.0648. The van der Waals surface area contributed by atoms with E-state index in [0.29, 0.717) is 6.42 Å². The van der Waals surface area contributed by atoms with E-state index in [1.807, 2.05) is 59.5 Å². The summed E-state index contributed by atoms with van der Waals surface area (Å²) in [6.45, 7) is 0.779. The first-order chi connectivity index (χ1) is 12.2. The third-order valence-corrected chi connectivity index (χ3v) is 5.48. The lowest BCUT2D eigenvalue weighted by molar-refractivity contribution is -0.124. The molecule has 1 saturated heterocycles. The zero-order valence-electron chi connectivity index (χ0n) is 14.2. The van der Waals surface area contributed by atoms with Crippen molar-refractivity contribution in [2.75, 3.05) is 16.8 Å². The average molecular weight is 334 g/mol. The maximum atomic E-state index is 12.9. The number of carbonyl (C=O) groups excluding carboxylic acids is 2. The number of anilines is 2. The van der Waals surface area contributed by atoms with Gasteiger partial charge in [0.25, 0.3) is 0 Å². The Hall–Kier alpha value is -2.62. The number of nitrogens with zero attached hydrogens (tertiary/aromatic N) is 1. The number of amides is 2. The Morgan fingerprint density at radius 3 is 2.24 bits per heavy atom. The van der Waals surface area contributed by atoms with Crippen molar-refractivity contribution in [2.45, 2.75) is 37.5 Å². The van der Waals surface area contributed by atoms with Crippen LogP contribution in [0.1, 0.15) is 37.7 Å². The summed E-state index contributed by atoms with van der Waals surface area (Å²) in [5, 5.41) is 3.07. The predicted molar refractivity (Wildman–Crippen MR) is 98.6 cm³/mol. The van der Waals surface area contributed by atoms with Gasteiger partial charge in [0, 0.05) is 24.3 Å². The SMILES string of the molecule is O=C1CCCN1c1ccc(NC(=O)C2(c3ccccc3)CCC2)cc1. The van der Waals surface area contributed by atoms with Gasteiger partial charge >= 0.3 is 0 Å². The van der Waals surface area contributed by atoms with Crippen molar-refractivity contribution in [3.05, 3.63) is 60.2 Å². The van der Waals surface area contributed by atoms with Crippen LogP contribution in [0.25, 0.3) is 0 Å². The van der Waals surface area contributed by atoms with Crippen LogP contribution < -0.4 is 10.2 Å². The summed E-state index contributed by atoms with van der Waals surface area (Å²) in [5.41, 5.74) is 2.38. The fourth-order valence-corrected chi connectivity index (χ4v) is 3.83. The maximum Gasteiger partial charge on any atom is 0.235 e. The van der Waals surface area contributed by atoms with Gasteiger partial charge in [-0.3, -0.25) is 9.59 Å². The fourth-order valence-electron chi connectivity index (χ4n) is 3.83. The molecule has 4 heteroatoms. The van der Waals surface area contributed by atoms with E-state index < -0.39 is 5.41 Å².